The first-order valence-corrected chi connectivity index (χ1v) is 7.41. The van der Waals surface area contributed by atoms with Crippen molar-refractivity contribution in [2.75, 3.05) is 6.54 Å². The molecule has 0 unspecified atom stereocenters. The van der Waals surface area contributed by atoms with E-state index in [1.807, 2.05) is 12.1 Å². The van der Waals surface area contributed by atoms with Crippen molar-refractivity contribution in [2.45, 2.75) is 26.8 Å². The quantitative estimate of drug-likeness (QED) is 0.751. The molecule has 0 aliphatic heterocycles. The van der Waals surface area contributed by atoms with E-state index < -0.39 is 0 Å². The number of aryl methyl sites for hydroxylation is 1. The van der Waals surface area contributed by atoms with Crippen LogP contribution in [-0.2, 0) is 6.54 Å². The second-order valence-electron chi connectivity index (χ2n) is 4.94. The Hall–Kier alpha value is -1.58. The highest BCUT2D eigenvalue weighted by Gasteiger charge is 2.07. The molecule has 2 aromatic carbocycles. The topological polar surface area (TPSA) is 21.3 Å². The number of hydrogen-bond donors (Lipinski definition) is 1. The first-order valence-electron chi connectivity index (χ1n) is 7.03. The van der Waals surface area contributed by atoms with E-state index in [0.29, 0.717) is 28.6 Å². The van der Waals surface area contributed by atoms with Gasteiger partial charge in [-0.3, -0.25) is 0 Å². The fourth-order valence-corrected chi connectivity index (χ4v) is 2.14. The Morgan fingerprint density at radius 1 is 1.19 bits per heavy atom. The number of nitrogens with one attached hydrogen (secondary N) is 1. The van der Waals surface area contributed by atoms with Crippen LogP contribution in [-0.4, -0.2) is 6.54 Å². The molecule has 1 N–H and O–H groups in total. The van der Waals surface area contributed by atoms with Gasteiger partial charge in [0.05, 0.1) is 0 Å². The monoisotopic (exact) mass is 307 g/mol. The molecule has 0 atom stereocenters. The van der Waals surface area contributed by atoms with Crippen LogP contribution >= 0.6 is 11.6 Å². The Labute approximate surface area is 129 Å². The number of benzene rings is 2. The van der Waals surface area contributed by atoms with Crippen molar-refractivity contribution in [3.63, 3.8) is 0 Å². The summed E-state index contributed by atoms with van der Waals surface area (Å²) in [5.74, 6) is 0.899. The molecule has 0 fully saturated rings. The molecule has 0 heterocycles. The zero-order valence-corrected chi connectivity index (χ0v) is 13.0. The van der Waals surface area contributed by atoms with Gasteiger partial charge in [-0.1, -0.05) is 24.6 Å². The van der Waals surface area contributed by atoms with E-state index in [1.54, 1.807) is 25.1 Å². The Bertz CT molecular complexity index is 616. The van der Waals surface area contributed by atoms with Crippen molar-refractivity contribution >= 4 is 11.6 Å². The average molecular weight is 308 g/mol. The van der Waals surface area contributed by atoms with Crippen molar-refractivity contribution in [1.82, 2.24) is 5.32 Å². The molecule has 0 aliphatic rings. The normalized spacial score (nSPS) is 10.7. The largest absolute Gasteiger partial charge is 0.457 e. The lowest BCUT2D eigenvalue weighted by atomic mass is 10.2. The van der Waals surface area contributed by atoms with Crippen LogP contribution in [0.25, 0.3) is 0 Å². The third-order valence-electron chi connectivity index (χ3n) is 3.14. The van der Waals surface area contributed by atoms with Gasteiger partial charge in [0.15, 0.2) is 0 Å². The third-order valence-corrected chi connectivity index (χ3v) is 3.37. The second kappa shape index (κ2) is 7.43. The molecule has 0 aromatic heterocycles. The predicted molar refractivity (Wildman–Crippen MR) is 84.7 cm³/mol. The van der Waals surface area contributed by atoms with E-state index in [-0.39, 0.29) is 5.82 Å². The van der Waals surface area contributed by atoms with Gasteiger partial charge in [0.25, 0.3) is 0 Å². The minimum Gasteiger partial charge on any atom is -0.457 e. The highest BCUT2D eigenvalue weighted by Crippen LogP contribution is 2.28. The minimum atomic E-state index is -0.271. The summed E-state index contributed by atoms with van der Waals surface area (Å²) >= 11 is 6.04. The number of rotatable bonds is 6. The van der Waals surface area contributed by atoms with Crippen LogP contribution in [0.3, 0.4) is 0 Å². The molecule has 0 radical (unpaired) electrons. The van der Waals surface area contributed by atoms with Crippen LogP contribution in [0.1, 0.15) is 24.5 Å². The molecule has 0 saturated heterocycles. The highest BCUT2D eigenvalue weighted by molar-refractivity contribution is 6.30. The van der Waals surface area contributed by atoms with E-state index >= 15 is 0 Å². The van der Waals surface area contributed by atoms with Crippen molar-refractivity contribution in [2.24, 2.45) is 0 Å². The van der Waals surface area contributed by atoms with Crippen molar-refractivity contribution < 1.29 is 9.13 Å². The Kier molecular flexibility index (Phi) is 5.59. The molecule has 0 amide bonds. The standard InChI is InChI=1S/C17H19ClFNO/c1-3-8-20-11-13-9-14(18)5-7-17(13)21-15-6-4-12(2)16(19)10-15/h4-7,9-10,20H,3,8,11H2,1-2H3. The Balaban J connectivity index is 2.19. The summed E-state index contributed by atoms with van der Waals surface area (Å²) < 4.78 is 19.4. The summed E-state index contributed by atoms with van der Waals surface area (Å²) in [6, 6.07) is 10.3. The summed E-state index contributed by atoms with van der Waals surface area (Å²) in [4.78, 5) is 0. The minimum absolute atomic E-state index is 0.271. The molecular formula is C17H19ClFNO. The molecule has 0 spiro atoms. The van der Waals surface area contributed by atoms with E-state index in [9.17, 15) is 4.39 Å². The lowest BCUT2D eigenvalue weighted by Crippen LogP contribution is -2.14. The van der Waals surface area contributed by atoms with Crippen LogP contribution in [0.2, 0.25) is 5.02 Å². The van der Waals surface area contributed by atoms with E-state index in [1.165, 1.54) is 6.07 Å². The lowest BCUT2D eigenvalue weighted by Gasteiger charge is -2.13. The van der Waals surface area contributed by atoms with Gasteiger partial charge >= 0.3 is 0 Å². The third kappa shape index (κ3) is 4.45. The van der Waals surface area contributed by atoms with Gasteiger partial charge in [-0.15, -0.1) is 0 Å². The number of hydrogen-bond acceptors (Lipinski definition) is 2. The summed E-state index contributed by atoms with van der Waals surface area (Å²) in [6.07, 6.45) is 1.06. The zero-order valence-electron chi connectivity index (χ0n) is 12.2. The van der Waals surface area contributed by atoms with Crippen molar-refractivity contribution in [1.29, 1.82) is 0 Å². The molecule has 21 heavy (non-hydrogen) atoms. The SMILES string of the molecule is CCCNCc1cc(Cl)ccc1Oc1ccc(C)c(F)c1. The highest BCUT2D eigenvalue weighted by atomic mass is 35.5. The van der Waals surface area contributed by atoms with Gasteiger partial charge in [-0.05, 0) is 49.7 Å². The summed E-state index contributed by atoms with van der Waals surface area (Å²) in [6.45, 7) is 5.42. The maximum Gasteiger partial charge on any atom is 0.132 e. The van der Waals surface area contributed by atoms with E-state index in [0.717, 1.165) is 18.5 Å². The van der Waals surface area contributed by atoms with Crippen LogP contribution in [0.5, 0.6) is 11.5 Å². The lowest BCUT2D eigenvalue weighted by molar-refractivity contribution is 0.467. The zero-order chi connectivity index (χ0) is 15.2. The van der Waals surface area contributed by atoms with Gasteiger partial charge in [-0.25, -0.2) is 4.39 Å². The van der Waals surface area contributed by atoms with Crippen molar-refractivity contribution in [3.05, 3.63) is 58.4 Å². The van der Waals surface area contributed by atoms with Gasteiger partial charge in [0.2, 0.25) is 0 Å². The fraction of sp³-hybridized carbons (Fsp3) is 0.294. The smallest absolute Gasteiger partial charge is 0.132 e. The first-order chi connectivity index (χ1) is 10.1. The first kappa shape index (κ1) is 15.8. The number of ether oxygens (including phenoxy) is 1. The van der Waals surface area contributed by atoms with Crippen LogP contribution in [0.4, 0.5) is 4.39 Å². The number of halogens is 2. The van der Waals surface area contributed by atoms with Crippen LogP contribution in [0, 0.1) is 12.7 Å². The molecule has 2 nitrogen and oxygen atoms in total. The van der Waals surface area contributed by atoms with E-state index in [2.05, 4.69) is 12.2 Å². The molecule has 0 aliphatic carbocycles. The molecule has 0 bridgehead atoms. The van der Waals surface area contributed by atoms with E-state index in [4.69, 9.17) is 16.3 Å². The Morgan fingerprint density at radius 3 is 2.71 bits per heavy atom. The van der Waals surface area contributed by atoms with Crippen LogP contribution in [0.15, 0.2) is 36.4 Å². The van der Waals surface area contributed by atoms with Gasteiger partial charge in [0, 0.05) is 23.2 Å². The molecule has 0 saturated carbocycles. The molecule has 4 heteroatoms. The summed E-state index contributed by atoms with van der Waals surface area (Å²) in [7, 11) is 0. The molecular weight excluding hydrogens is 289 g/mol. The average Bonchev–Trinajstić information content (AvgIpc) is 2.46. The molecule has 2 aromatic rings. The molecule has 2 rings (SSSR count). The summed E-state index contributed by atoms with van der Waals surface area (Å²) in [5.41, 5.74) is 1.56. The van der Waals surface area contributed by atoms with Gasteiger partial charge in [0.1, 0.15) is 17.3 Å². The van der Waals surface area contributed by atoms with Gasteiger partial charge < -0.3 is 10.1 Å². The maximum absolute atomic E-state index is 13.6. The second-order valence-corrected chi connectivity index (χ2v) is 5.38. The summed E-state index contributed by atoms with van der Waals surface area (Å²) in [5, 5.41) is 3.97. The maximum atomic E-state index is 13.6. The van der Waals surface area contributed by atoms with Crippen molar-refractivity contribution in [3.8, 4) is 11.5 Å². The van der Waals surface area contributed by atoms with Crippen LogP contribution < -0.4 is 10.1 Å². The predicted octanol–water partition coefficient (Wildman–Crippen LogP) is 5.08. The molecule has 112 valence electrons. The van der Waals surface area contributed by atoms with Gasteiger partial charge in [-0.2, -0.15) is 0 Å². The fourth-order valence-electron chi connectivity index (χ4n) is 1.95. The Morgan fingerprint density at radius 2 is 2.00 bits per heavy atom.